The van der Waals surface area contributed by atoms with Crippen LogP contribution in [0, 0.1) is 0 Å². The molecule has 0 bridgehead atoms. The lowest BCUT2D eigenvalue weighted by Crippen LogP contribution is -2.37. The molecule has 1 fully saturated rings. The number of hydrogen-bond acceptors (Lipinski definition) is 11. The molecule has 0 saturated carbocycles. The zero-order valence-corrected chi connectivity index (χ0v) is 28.8. The van der Waals surface area contributed by atoms with Gasteiger partial charge in [-0.2, -0.15) is 0 Å². The maximum Gasteiger partial charge on any atom is 0.185 e. The van der Waals surface area contributed by atoms with E-state index in [0.29, 0.717) is 71.6 Å². The lowest BCUT2D eigenvalue weighted by molar-refractivity contribution is 0.0358. The van der Waals surface area contributed by atoms with Gasteiger partial charge in [0.15, 0.2) is 10.6 Å². The maximum absolute atomic E-state index is 12.0. The van der Waals surface area contributed by atoms with Gasteiger partial charge >= 0.3 is 0 Å². The van der Waals surface area contributed by atoms with Crippen LogP contribution >= 0.6 is 11.3 Å². The first-order valence-corrected chi connectivity index (χ1v) is 16.9. The Kier molecular flexibility index (Phi) is 11.9. The van der Waals surface area contributed by atoms with E-state index in [9.17, 15) is 9.59 Å². The van der Waals surface area contributed by atoms with Gasteiger partial charge in [0.25, 0.3) is 0 Å². The standard InChI is InChI=1S/C35H43N7O5S/c1-5-38-28(17-24(2)36)34-39-27-18-25(22-43)20-30(47-14-8-9-40-12-15-46-16-13-40)32(27)41(34)10-6-7-11-42-33-29(45-4)19-26(23-44)21-31(33)48-35(42)37-3/h6-7,17-23H,5,8-16,36H2,1-4H3/b7-6+,24-17-,37-35?,38-28?. The second kappa shape index (κ2) is 16.5. The average molecular weight is 674 g/mol. The smallest absolute Gasteiger partial charge is 0.185 e. The topological polar surface area (TPSA) is 139 Å². The normalized spacial score (nSPS) is 15.2. The average Bonchev–Trinajstić information content (AvgIpc) is 3.65. The van der Waals surface area contributed by atoms with Gasteiger partial charge in [0, 0.05) is 63.1 Å². The Hall–Kier alpha value is -4.59. The number of aliphatic imine (C=N–C) groups is 1. The minimum Gasteiger partial charge on any atom is -0.494 e. The fourth-order valence-electron chi connectivity index (χ4n) is 5.78. The molecule has 48 heavy (non-hydrogen) atoms. The Balaban J connectivity index is 1.51. The highest BCUT2D eigenvalue weighted by molar-refractivity contribution is 7.16. The molecule has 2 N–H and O–H groups in total. The summed E-state index contributed by atoms with van der Waals surface area (Å²) in [5.41, 5.74) is 10.7. The zero-order chi connectivity index (χ0) is 34.0. The summed E-state index contributed by atoms with van der Waals surface area (Å²) in [6.45, 7) is 10.0. The Labute approximate surface area is 283 Å². The number of nitrogens with two attached hydrogens (primary N) is 1. The number of aromatic nitrogens is 3. The van der Waals surface area contributed by atoms with Gasteiger partial charge in [-0.25, -0.2) is 4.98 Å². The molecule has 2 aromatic carbocycles. The van der Waals surface area contributed by atoms with Crippen molar-refractivity contribution >= 4 is 50.9 Å². The first-order valence-electron chi connectivity index (χ1n) is 16.1. The number of fused-ring (bicyclic) bond motifs is 2. The van der Waals surface area contributed by atoms with Crippen molar-refractivity contribution in [1.29, 1.82) is 0 Å². The first-order chi connectivity index (χ1) is 23.4. The van der Waals surface area contributed by atoms with Gasteiger partial charge in [0.1, 0.15) is 40.8 Å². The van der Waals surface area contributed by atoms with Crippen molar-refractivity contribution in [2.45, 2.75) is 33.4 Å². The van der Waals surface area contributed by atoms with Gasteiger partial charge in [-0.15, -0.1) is 0 Å². The van der Waals surface area contributed by atoms with Crippen LogP contribution in [0.2, 0.25) is 0 Å². The van der Waals surface area contributed by atoms with E-state index in [-0.39, 0.29) is 0 Å². The number of ether oxygens (including phenoxy) is 3. The lowest BCUT2D eigenvalue weighted by atomic mass is 10.2. The molecule has 0 atom stereocenters. The number of morpholine rings is 1. The predicted molar refractivity (Wildman–Crippen MR) is 190 cm³/mol. The third-order valence-corrected chi connectivity index (χ3v) is 9.04. The monoisotopic (exact) mass is 673 g/mol. The van der Waals surface area contributed by atoms with E-state index in [0.717, 1.165) is 72.4 Å². The van der Waals surface area contributed by atoms with Crippen LogP contribution in [0.15, 0.2) is 58.2 Å². The van der Waals surface area contributed by atoms with E-state index in [1.54, 1.807) is 32.4 Å². The van der Waals surface area contributed by atoms with Crippen LogP contribution in [0.5, 0.6) is 11.5 Å². The fraction of sp³-hybridized carbons (Fsp3) is 0.400. The second-order valence-electron chi connectivity index (χ2n) is 11.3. The van der Waals surface area contributed by atoms with E-state index >= 15 is 0 Å². The highest BCUT2D eigenvalue weighted by Gasteiger charge is 2.20. The molecule has 0 radical (unpaired) electrons. The van der Waals surface area contributed by atoms with Crippen molar-refractivity contribution in [3.05, 3.63) is 69.9 Å². The number of nitrogens with zero attached hydrogens (tertiary/aromatic N) is 6. The molecule has 0 spiro atoms. The number of hydrogen-bond donors (Lipinski definition) is 1. The molecule has 13 heteroatoms. The summed E-state index contributed by atoms with van der Waals surface area (Å²) in [6, 6.07) is 7.14. The van der Waals surface area contributed by atoms with Crippen LogP contribution in [0.1, 0.15) is 46.8 Å². The van der Waals surface area contributed by atoms with E-state index in [1.807, 2.05) is 26.0 Å². The molecule has 1 aliphatic rings. The summed E-state index contributed by atoms with van der Waals surface area (Å²) in [5, 5.41) is 0. The molecule has 4 aromatic rings. The van der Waals surface area contributed by atoms with E-state index in [1.165, 1.54) is 11.3 Å². The molecule has 1 saturated heterocycles. The van der Waals surface area contributed by atoms with Crippen molar-refractivity contribution in [2.24, 2.45) is 15.7 Å². The van der Waals surface area contributed by atoms with Gasteiger partial charge in [0.05, 0.1) is 37.1 Å². The molecule has 0 amide bonds. The Morgan fingerprint density at radius 2 is 1.75 bits per heavy atom. The SMILES string of the molecule is CCN=C(/C=C(/C)N)c1nc2cc(C=O)cc(OCCCN3CCOCC3)c2n1C/C=C/Cn1c(=NC)sc2cc(C=O)cc(OC)c21. The summed E-state index contributed by atoms with van der Waals surface area (Å²) in [6.07, 6.45) is 8.41. The number of benzene rings is 2. The number of allylic oxidation sites excluding steroid dienone is 4. The predicted octanol–water partition coefficient (Wildman–Crippen LogP) is 4.25. The lowest BCUT2D eigenvalue weighted by Gasteiger charge is -2.26. The van der Waals surface area contributed by atoms with Crippen LogP contribution in [0.4, 0.5) is 0 Å². The highest BCUT2D eigenvalue weighted by Crippen LogP contribution is 2.31. The Morgan fingerprint density at radius 3 is 2.42 bits per heavy atom. The summed E-state index contributed by atoms with van der Waals surface area (Å²) in [7, 11) is 3.35. The fourth-order valence-corrected chi connectivity index (χ4v) is 6.85. The first kappa shape index (κ1) is 34.7. The van der Waals surface area contributed by atoms with Crippen LogP contribution in [-0.2, 0) is 17.8 Å². The molecular formula is C35H43N7O5S. The highest BCUT2D eigenvalue weighted by atomic mass is 32.1. The third-order valence-electron chi connectivity index (χ3n) is 7.92. The van der Waals surface area contributed by atoms with Crippen molar-refractivity contribution in [2.75, 3.05) is 60.2 Å². The Morgan fingerprint density at radius 1 is 1.04 bits per heavy atom. The number of rotatable bonds is 15. The molecular weight excluding hydrogens is 630 g/mol. The largest absolute Gasteiger partial charge is 0.494 e. The van der Waals surface area contributed by atoms with Crippen LogP contribution in [-0.4, -0.2) is 97.5 Å². The number of thiazole rings is 1. The van der Waals surface area contributed by atoms with Crippen LogP contribution in [0.25, 0.3) is 21.3 Å². The third kappa shape index (κ3) is 7.92. The summed E-state index contributed by atoms with van der Waals surface area (Å²) in [4.78, 5) is 40.8. The summed E-state index contributed by atoms with van der Waals surface area (Å²) < 4.78 is 22.6. The maximum atomic E-state index is 12.0. The minimum atomic E-state index is 0.449. The number of methoxy groups -OCH3 is 1. The Bertz CT molecular complexity index is 1920. The van der Waals surface area contributed by atoms with Crippen molar-refractivity contribution in [3.63, 3.8) is 0 Å². The summed E-state index contributed by atoms with van der Waals surface area (Å²) in [5.74, 6) is 1.83. The van der Waals surface area contributed by atoms with Crippen LogP contribution in [0.3, 0.4) is 0 Å². The van der Waals surface area contributed by atoms with Crippen molar-refractivity contribution in [1.82, 2.24) is 19.0 Å². The molecule has 3 heterocycles. The van der Waals surface area contributed by atoms with Gasteiger partial charge < -0.3 is 29.1 Å². The van der Waals surface area contributed by atoms with Gasteiger partial charge in [0.2, 0.25) is 0 Å². The van der Waals surface area contributed by atoms with E-state index in [4.69, 9.17) is 29.9 Å². The summed E-state index contributed by atoms with van der Waals surface area (Å²) >= 11 is 1.50. The van der Waals surface area contributed by atoms with Crippen LogP contribution < -0.4 is 20.0 Å². The van der Waals surface area contributed by atoms with Crippen molar-refractivity contribution < 1.29 is 23.8 Å². The number of aldehydes is 2. The van der Waals surface area contributed by atoms with Gasteiger partial charge in [-0.3, -0.25) is 24.5 Å². The molecule has 2 aromatic heterocycles. The van der Waals surface area contributed by atoms with Crippen molar-refractivity contribution in [3.8, 4) is 11.5 Å². The van der Waals surface area contributed by atoms with Gasteiger partial charge in [-0.1, -0.05) is 23.5 Å². The molecule has 0 aliphatic carbocycles. The number of carbonyl (C=O) groups excluding carboxylic acids is 2. The molecule has 0 unspecified atom stereocenters. The number of imidazole rings is 1. The molecule has 12 nitrogen and oxygen atoms in total. The van der Waals surface area contributed by atoms with E-state index in [2.05, 4.69) is 31.2 Å². The molecule has 254 valence electrons. The quantitative estimate of drug-likeness (QED) is 0.0856. The van der Waals surface area contributed by atoms with E-state index < -0.39 is 0 Å². The zero-order valence-electron chi connectivity index (χ0n) is 28.0. The number of carbonyl (C=O) groups is 2. The second-order valence-corrected chi connectivity index (χ2v) is 12.3. The minimum absolute atomic E-state index is 0.449. The van der Waals surface area contributed by atoms with Gasteiger partial charge in [-0.05, 0) is 50.6 Å². The molecule has 5 rings (SSSR count). The molecule has 1 aliphatic heterocycles.